The van der Waals surface area contributed by atoms with Crippen LogP contribution in [0.2, 0.25) is 0 Å². The maximum absolute atomic E-state index is 14.7. The van der Waals surface area contributed by atoms with Crippen molar-refractivity contribution in [3.8, 4) is 0 Å². The summed E-state index contributed by atoms with van der Waals surface area (Å²) in [5.41, 5.74) is -2.09. The molecule has 1 unspecified atom stereocenters. The van der Waals surface area contributed by atoms with Crippen LogP contribution in [0.4, 0.5) is 4.79 Å². The molecule has 1 aromatic heterocycles. The van der Waals surface area contributed by atoms with Crippen molar-refractivity contribution in [2.24, 2.45) is 17.8 Å². The van der Waals surface area contributed by atoms with E-state index in [2.05, 4.69) is 4.98 Å². The fraction of sp³-hybridized carbons (Fsp3) is 0.778. The van der Waals surface area contributed by atoms with Gasteiger partial charge in [-0.25, -0.2) is 14.3 Å². The molecule has 2 saturated heterocycles. The highest BCUT2D eigenvalue weighted by Crippen LogP contribution is 2.42. The predicted molar refractivity (Wildman–Crippen MR) is 226 cm³/mol. The molecule has 63 heavy (non-hydrogen) atoms. The molecule has 0 radical (unpaired) electrons. The highest BCUT2D eigenvalue weighted by Gasteiger charge is 2.54. The summed E-state index contributed by atoms with van der Waals surface area (Å²) in [5, 5.41) is 0. The second-order valence-corrected chi connectivity index (χ2v) is 18.0. The molecule has 4 heterocycles. The normalized spacial score (nSPS) is 39.3. The largest absolute Gasteiger partial charge is 0.458 e. The van der Waals surface area contributed by atoms with E-state index >= 15 is 0 Å². The molecule has 3 aliphatic rings. The molecule has 0 N–H and O–H groups in total. The molecule has 16 atom stereocenters. The molecule has 18 nitrogen and oxygen atoms in total. The lowest BCUT2D eigenvalue weighted by molar-refractivity contribution is -0.320. The van der Waals surface area contributed by atoms with Crippen LogP contribution in [0.3, 0.4) is 0 Å². The van der Waals surface area contributed by atoms with Crippen molar-refractivity contribution >= 4 is 29.8 Å². The molecule has 18 heteroatoms. The van der Waals surface area contributed by atoms with Crippen molar-refractivity contribution < 1.29 is 71.3 Å². The Labute approximate surface area is 371 Å². The minimum Gasteiger partial charge on any atom is -0.458 e. The number of methoxy groups -OCH3 is 2. The van der Waals surface area contributed by atoms with Crippen LogP contribution in [-0.4, -0.2) is 151 Å². The molecule has 1 aromatic rings. The number of rotatable bonds is 11. The lowest BCUT2D eigenvalue weighted by Crippen LogP contribution is -2.61. The van der Waals surface area contributed by atoms with Crippen LogP contribution < -0.4 is 0 Å². The Bertz CT molecular complexity index is 1760. The van der Waals surface area contributed by atoms with Gasteiger partial charge in [-0.1, -0.05) is 20.8 Å². The Morgan fingerprint density at radius 3 is 2.08 bits per heavy atom. The summed E-state index contributed by atoms with van der Waals surface area (Å²) in [4.78, 5) is 73.0. The number of hydrogen-bond donors (Lipinski definition) is 0. The van der Waals surface area contributed by atoms with Crippen LogP contribution in [0.15, 0.2) is 30.4 Å². The van der Waals surface area contributed by atoms with Gasteiger partial charge in [-0.3, -0.25) is 19.2 Å². The SMILES string of the molecule is CC[C@H]1OC(=O)[C@H](C)[C@@H](O[C@H]2C[C@@](C)(OC)[C@@H](OC(C)=O)[C@H](C)O2)[C@H](C)[C@@H](O[C@@H]2O[C@H](C)C[C@H](N(C)C)[C@H]2OC(C)=O)[C@](C)(OC)C[C@@H](C)C(=O)/C(C)=C/C1OC(=O)n1ccnc1. The van der Waals surface area contributed by atoms with Crippen LogP contribution in [0.5, 0.6) is 0 Å². The van der Waals surface area contributed by atoms with Crippen molar-refractivity contribution in [2.45, 2.75) is 181 Å². The topological polar surface area (TPSA) is 199 Å². The maximum atomic E-state index is 14.7. The molecule has 0 aromatic carbocycles. The van der Waals surface area contributed by atoms with E-state index in [0.717, 1.165) is 4.57 Å². The zero-order valence-corrected chi connectivity index (χ0v) is 39.7. The van der Waals surface area contributed by atoms with E-state index in [0.29, 0.717) is 6.42 Å². The fourth-order valence-electron chi connectivity index (χ4n) is 9.22. The van der Waals surface area contributed by atoms with Crippen molar-refractivity contribution in [3.05, 3.63) is 30.4 Å². The van der Waals surface area contributed by atoms with E-state index in [1.54, 1.807) is 41.5 Å². The summed E-state index contributed by atoms with van der Waals surface area (Å²) in [6.07, 6.45) is -3.33. The second-order valence-electron chi connectivity index (χ2n) is 18.0. The smallest absolute Gasteiger partial charge is 0.419 e. The first-order chi connectivity index (χ1) is 29.5. The van der Waals surface area contributed by atoms with E-state index in [-0.39, 0.29) is 42.8 Å². The highest BCUT2D eigenvalue weighted by atomic mass is 16.7. The third-order valence-electron chi connectivity index (χ3n) is 12.7. The van der Waals surface area contributed by atoms with Gasteiger partial charge in [0.05, 0.1) is 42.0 Å². The van der Waals surface area contributed by atoms with Gasteiger partial charge in [0.1, 0.15) is 18.0 Å². The van der Waals surface area contributed by atoms with Gasteiger partial charge in [0.2, 0.25) is 0 Å². The first kappa shape index (κ1) is 51.9. The monoisotopic (exact) mass is 893 g/mol. The number of Topliss-reactive ketones (excluding diaryl/α,β-unsaturated/α-hetero) is 1. The molecular weight excluding hydrogens is 823 g/mol. The van der Waals surface area contributed by atoms with Gasteiger partial charge in [0.25, 0.3) is 0 Å². The first-order valence-corrected chi connectivity index (χ1v) is 21.8. The fourth-order valence-corrected chi connectivity index (χ4v) is 9.22. The average Bonchev–Trinajstić information content (AvgIpc) is 3.77. The van der Waals surface area contributed by atoms with Crippen molar-refractivity contribution in [1.29, 1.82) is 0 Å². The number of ketones is 1. The number of allylic oxidation sites excluding steroid dienone is 1. The molecule has 0 aliphatic carbocycles. The number of esters is 3. The third kappa shape index (κ3) is 12.5. The third-order valence-corrected chi connectivity index (χ3v) is 12.7. The number of hydrogen-bond acceptors (Lipinski definition) is 17. The minimum atomic E-state index is -1.30. The molecule has 0 spiro atoms. The number of imidazole rings is 1. The van der Waals surface area contributed by atoms with Crippen molar-refractivity contribution in [3.63, 3.8) is 0 Å². The molecule has 0 bridgehead atoms. The predicted octanol–water partition coefficient (Wildman–Crippen LogP) is 5.03. The summed E-state index contributed by atoms with van der Waals surface area (Å²) in [5.74, 6) is -4.54. The standard InChI is InChI=1S/C45H71N3O15/c1-16-33-34(61-43(53)48-18-17-46-23-48)19-24(2)36(51)25(3)21-44(10,54-14)39(63-42-38(58-30(8)49)32(47(12)13)20-26(4)56-42)27(5)37(28(6)41(52)60-33)62-35-22-45(11,55-15)40(29(7)57-35)59-31(9)50/h17-19,23,25-29,32-35,37-40,42H,16,20-22H2,1-15H3/b24-19+/t25-,26-,27+,28-,29+,32+,33-,34?,35+,37+,38-,39-,40+,42+,44-,45-/m1/s1. The van der Waals surface area contributed by atoms with Gasteiger partial charge in [0.15, 0.2) is 36.7 Å². The van der Waals surface area contributed by atoms with Crippen LogP contribution in [0, 0.1) is 17.8 Å². The first-order valence-electron chi connectivity index (χ1n) is 21.8. The lowest BCUT2D eigenvalue weighted by Gasteiger charge is -2.50. The summed E-state index contributed by atoms with van der Waals surface area (Å²) in [7, 11) is 6.79. The molecule has 356 valence electrons. The van der Waals surface area contributed by atoms with Crippen molar-refractivity contribution in [1.82, 2.24) is 14.5 Å². The summed E-state index contributed by atoms with van der Waals surface area (Å²) in [6, 6.07) is -0.296. The highest BCUT2D eigenvalue weighted by molar-refractivity contribution is 5.96. The molecule has 3 aliphatic heterocycles. The Balaban J connectivity index is 1.90. The number of carbonyl (C=O) groups excluding carboxylic acids is 5. The molecule has 0 saturated carbocycles. The van der Waals surface area contributed by atoms with Crippen LogP contribution in [0.1, 0.15) is 102 Å². The molecule has 0 amide bonds. The van der Waals surface area contributed by atoms with E-state index in [4.69, 9.17) is 47.4 Å². The Morgan fingerprint density at radius 2 is 1.52 bits per heavy atom. The van der Waals surface area contributed by atoms with Crippen LogP contribution >= 0.6 is 0 Å². The minimum absolute atomic E-state index is 0.0889. The van der Waals surface area contributed by atoms with E-state index in [9.17, 15) is 24.0 Å². The molecular formula is C45H71N3O15. The van der Waals surface area contributed by atoms with Crippen LogP contribution in [-0.2, 0) is 66.5 Å². The maximum Gasteiger partial charge on any atom is 0.419 e. The van der Waals surface area contributed by atoms with E-state index in [1.807, 2.05) is 39.8 Å². The van der Waals surface area contributed by atoms with Gasteiger partial charge >= 0.3 is 24.0 Å². The second kappa shape index (κ2) is 21.9. The quantitative estimate of drug-likeness (QED) is 0.212. The van der Waals surface area contributed by atoms with Crippen LogP contribution in [0.25, 0.3) is 0 Å². The number of ether oxygens (including phenoxy) is 10. The van der Waals surface area contributed by atoms with Gasteiger partial charge in [-0.05, 0) is 86.5 Å². The van der Waals surface area contributed by atoms with Gasteiger partial charge in [-0.2, -0.15) is 0 Å². The summed E-state index contributed by atoms with van der Waals surface area (Å²) in [6.45, 7) is 18.6. The van der Waals surface area contributed by atoms with Gasteiger partial charge in [0, 0.05) is 58.7 Å². The zero-order chi connectivity index (χ0) is 47.1. The number of carbonyl (C=O) groups is 5. The van der Waals surface area contributed by atoms with E-state index < -0.39 is 108 Å². The van der Waals surface area contributed by atoms with E-state index in [1.165, 1.54) is 52.9 Å². The van der Waals surface area contributed by atoms with Crippen molar-refractivity contribution in [2.75, 3.05) is 28.3 Å². The Hall–Kier alpha value is -3.78. The number of likely N-dealkylation sites (N-methyl/N-ethyl adjacent to an activating group) is 1. The number of nitrogens with zero attached hydrogens (tertiary/aromatic N) is 3. The summed E-state index contributed by atoms with van der Waals surface area (Å²) >= 11 is 0. The molecule has 2 fully saturated rings. The number of aromatic nitrogens is 2. The average molecular weight is 894 g/mol. The van der Waals surface area contributed by atoms with Gasteiger partial charge < -0.3 is 52.3 Å². The summed E-state index contributed by atoms with van der Waals surface area (Å²) < 4.78 is 64.1. The lowest BCUT2D eigenvalue weighted by atomic mass is 9.76. The zero-order valence-electron chi connectivity index (χ0n) is 39.7. The molecule has 4 rings (SSSR count). The Morgan fingerprint density at radius 1 is 0.889 bits per heavy atom. The number of cyclic esters (lactones) is 1. The van der Waals surface area contributed by atoms with Gasteiger partial charge in [-0.15, -0.1) is 0 Å². The Kier molecular flexibility index (Phi) is 18.1.